The van der Waals surface area contributed by atoms with Gasteiger partial charge in [-0.25, -0.2) is 0 Å². The van der Waals surface area contributed by atoms with E-state index in [0.29, 0.717) is 24.5 Å². The number of carbonyl (C=O) groups is 1. The minimum Gasteiger partial charge on any atom is -0.376 e. The van der Waals surface area contributed by atoms with Crippen molar-refractivity contribution in [3.05, 3.63) is 0 Å². The van der Waals surface area contributed by atoms with E-state index in [2.05, 4.69) is 11.8 Å². The van der Waals surface area contributed by atoms with Crippen LogP contribution in [0.5, 0.6) is 0 Å². The minimum atomic E-state index is 0.304. The van der Waals surface area contributed by atoms with Gasteiger partial charge in [0.15, 0.2) is 0 Å². The summed E-state index contributed by atoms with van der Waals surface area (Å²) < 4.78 is 5.57. The molecule has 2 heterocycles. The van der Waals surface area contributed by atoms with E-state index in [9.17, 15) is 4.79 Å². The third-order valence-electron chi connectivity index (χ3n) is 3.91. The second-order valence-corrected chi connectivity index (χ2v) is 5.14. The summed E-state index contributed by atoms with van der Waals surface area (Å²) in [7, 11) is 0. The van der Waals surface area contributed by atoms with Gasteiger partial charge in [0.1, 0.15) is 0 Å². The Morgan fingerprint density at radius 1 is 1.29 bits per heavy atom. The van der Waals surface area contributed by atoms with E-state index in [1.807, 2.05) is 11.8 Å². The van der Waals surface area contributed by atoms with Crippen LogP contribution in [-0.2, 0) is 9.53 Å². The Hall–Kier alpha value is -0.610. The number of piperidine rings is 1. The molecule has 4 nitrogen and oxygen atoms in total. The zero-order valence-corrected chi connectivity index (χ0v) is 11.0. The summed E-state index contributed by atoms with van der Waals surface area (Å²) in [5, 5.41) is 0. The van der Waals surface area contributed by atoms with Gasteiger partial charge in [0.2, 0.25) is 5.91 Å². The van der Waals surface area contributed by atoms with Crippen LogP contribution in [0.4, 0.5) is 0 Å². The Balaban J connectivity index is 1.80. The van der Waals surface area contributed by atoms with Crippen LogP contribution < -0.4 is 0 Å². The summed E-state index contributed by atoms with van der Waals surface area (Å²) in [5.74, 6) is 0.304. The highest BCUT2D eigenvalue weighted by Gasteiger charge is 2.28. The molecule has 0 unspecified atom stereocenters. The maximum atomic E-state index is 11.6. The average Bonchev–Trinajstić information content (AvgIpc) is 2.38. The Bertz CT molecular complexity index is 262. The molecule has 0 aromatic heterocycles. The zero-order chi connectivity index (χ0) is 12.3. The van der Waals surface area contributed by atoms with Crippen molar-refractivity contribution in [3.8, 4) is 0 Å². The monoisotopic (exact) mass is 240 g/mol. The average molecular weight is 240 g/mol. The second-order valence-electron chi connectivity index (χ2n) is 5.14. The van der Waals surface area contributed by atoms with Gasteiger partial charge < -0.3 is 9.64 Å². The quantitative estimate of drug-likeness (QED) is 0.725. The predicted octanol–water partition coefficient (Wildman–Crippen LogP) is 1.11. The van der Waals surface area contributed by atoms with E-state index in [1.165, 1.54) is 0 Å². The van der Waals surface area contributed by atoms with Crippen molar-refractivity contribution in [2.24, 2.45) is 0 Å². The first kappa shape index (κ1) is 12.8. The van der Waals surface area contributed by atoms with E-state index in [1.54, 1.807) is 0 Å². The van der Waals surface area contributed by atoms with Gasteiger partial charge in [-0.3, -0.25) is 9.69 Å². The molecule has 1 atom stereocenters. The summed E-state index contributed by atoms with van der Waals surface area (Å²) >= 11 is 0. The standard InChI is InChI=1S/C13H24N2O2/c1-3-13(16)14-6-4-12(5-7-14)15-8-9-17-11(2)10-15/h11-12H,3-10H2,1-2H3/t11-/m0/s1. The summed E-state index contributed by atoms with van der Waals surface area (Å²) in [5.41, 5.74) is 0. The maximum absolute atomic E-state index is 11.6. The smallest absolute Gasteiger partial charge is 0.222 e. The molecule has 4 heteroatoms. The number of carbonyl (C=O) groups excluding carboxylic acids is 1. The first-order valence-corrected chi connectivity index (χ1v) is 6.84. The van der Waals surface area contributed by atoms with Gasteiger partial charge in [0.05, 0.1) is 12.7 Å². The molecule has 0 aliphatic carbocycles. The molecular weight excluding hydrogens is 216 g/mol. The molecule has 2 rings (SSSR count). The minimum absolute atomic E-state index is 0.304. The lowest BCUT2D eigenvalue weighted by atomic mass is 10.0. The van der Waals surface area contributed by atoms with Gasteiger partial charge in [-0.05, 0) is 19.8 Å². The van der Waals surface area contributed by atoms with Crippen molar-refractivity contribution >= 4 is 5.91 Å². The Morgan fingerprint density at radius 2 is 2.00 bits per heavy atom. The summed E-state index contributed by atoms with van der Waals surface area (Å²) in [4.78, 5) is 16.2. The van der Waals surface area contributed by atoms with Gasteiger partial charge in [0, 0.05) is 38.6 Å². The zero-order valence-electron chi connectivity index (χ0n) is 11.0. The highest BCUT2D eigenvalue weighted by atomic mass is 16.5. The topological polar surface area (TPSA) is 32.8 Å². The lowest BCUT2D eigenvalue weighted by Gasteiger charge is -2.41. The van der Waals surface area contributed by atoms with Gasteiger partial charge in [-0.2, -0.15) is 0 Å². The van der Waals surface area contributed by atoms with E-state index in [-0.39, 0.29) is 0 Å². The van der Waals surface area contributed by atoms with E-state index >= 15 is 0 Å². The van der Waals surface area contributed by atoms with Crippen LogP contribution in [0.1, 0.15) is 33.1 Å². The number of ether oxygens (including phenoxy) is 1. The lowest BCUT2D eigenvalue weighted by Crippen LogP contribution is -2.51. The maximum Gasteiger partial charge on any atom is 0.222 e. The molecule has 1 amide bonds. The molecular formula is C13H24N2O2. The van der Waals surface area contributed by atoms with Crippen LogP contribution in [0, 0.1) is 0 Å². The molecule has 0 bridgehead atoms. The van der Waals surface area contributed by atoms with Crippen LogP contribution in [-0.4, -0.2) is 60.6 Å². The summed E-state index contributed by atoms with van der Waals surface area (Å²) in [6.45, 7) is 8.91. The third kappa shape index (κ3) is 3.19. The van der Waals surface area contributed by atoms with Crippen LogP contribution in [0.15, 0.2) is 0 Å². The number of nitrogens with zero attached hydrogens (tertiary/aromatic N) is 2. The number of amides is 1. The van der Waals surface area contributed by atoms with Gasteiger partial charge >= 0.3 is 0 Å². The third-order valence-corrected chi connectivity index (χ3v) is 3.91. The number of hydrogen-bond donors (Lipinski definition) is 0. The molecule has 0 aromatic carbocycles. The fourth-order valence-corrected chi connectivity index (χ4v) is 2.88. The van der Waals surface area contributed by atoms with Crippen LogP contribution in [0.25, 0.3) is 0 Å². The highest BCUT2D eigenvalue weighted by molar-refractivity contribution is 5.75. The van der Waals surface area contributed by atoms with Gasteiger partial charge in [-0.15, -0.1) is 0 Å². The van der Waals surface area contributed by atoms with Crippen LogP contribution in [0.3, 0.4) is 0 Å². The molecule has 2 saturated heterocycles. The Morgan fingerprint density at radius 3 is 2.59 bits per heavy atom. The SMILES string of the molecule is CCC(=O)N1CCC(N2CCO[C@@H](C)C2)CC1. The molecule has 2 aliphatic heterocycles. The largest absolute Gasteiger partial charge is 0.376 e. The highest BCUT2D eigenvalue weighted by Crippen LogP contribution is 2.19. The molecule has 0 spiro atoms. The first-order chi connectivity index (χ1) is 8.20. The molecule has 0 N–H and O–H groups in total. The molecule has 0 aromatic rings. The fourth-order valence-electron chi connectivity index (χ4n) is 2.88. The molecule has 17 heavy (non-hydrogen) atoms. The number of likely N-dealkylation sites (tertiary alicyclic amines) is 1. The van der Waals surface area contributed by atoms with E-state index < -0.39 is 0 Å². The molecule has 0 radical (unpaired) electrons. The van der Waals surface area contributed by atoms with Crippen LogP contribution >= 0.6 is 0 Å². The lowest BCUT2D eigenvalue weighted by molar-refractivity contribution is -0.133. The van der Waals surface area contributed by atoms with Crippen molar-refractivity contribution < 1.29 is 9.53 Å². The van der Waals surface area contributed by atoms with Crippen molar-refractivity contribution in [2.75, 3.05) is 32.8 Å². The molecule has 2 aliphatic rings. The summed E-state index contributed by atoms with van der Waals surface area (Å²) in [6.07, 6.45) is 3.25. The van der Waals surface area contributed by atoms with E-state index in [4.69, 9.17) is 4.74 Å². The Labute approximate surface area is 104 Å². The molecule has 0 saturated carbocycles. The number of rotatable bonds is 2. The normalized spacial score (nSPS) is 28.4. The van der Waals surface area contributed by atoms with Crippen molar-refractivity contribution in [2.45, 2.75) is 45.3 Å². The van der Waals surface area contributed by atoms with Gasteiger partial charge in [-0.1, -0.05) is 6.92 Å². The van der Waals surface area contributed by atoms with Crippen molar-refractivity contribution in [1.29, 1.82) is 0 Å². The first-order valence-electron chi connectivity index (χ1n) is 6.84. The van der Waals surface area contributed by atoms with E-state index in [0.717, 1.165) is 45.6 Å². The van der Waals surface area contributed by atoms with Crippen molar-refractivity contribution in [1.82, 2.24) is 9.80 Å². The van der Waals surface area contributed by atoms with Crippen LogP contribution in [0.2, 0.25) is 0 Å². The predicted molar refractivity (Wildman–Crippen MR) is 66.9 cm³/mol. The van der Waals surface area contributed by atoms with Gasteiger partial charge in [0.25, 0.3) is 0 Å². The Kier molecular flexibility index (Phi) is 4.40. The molecule has 2 fully saturated rings. The molecule has 98 valence electrons. The number of morpholine rings is 1. The second kappa shape index (κ2) is 5.83. The van der Waals surface area contributed by atoms with Crippen molar-refractivity contribution in [3.63, 3.8) is 0 Å². The number of hydrogen-bond acceptors (Lipinski definition) is 3. The summed E-state index contributed by atoms with van der Waals surface area (Å²) in [6, 6.07) is 0.655. The fraction of sp³-hybridized carbons (Fsp3) is 0.923.